The van der Waals surface area contributed by atoms with Crippen molar-refractivity contribution in [3.8, 4) is 0 Å². The van der Waals surface area contributed by atoms with E-state index >= 15 is 0 Å². The summed E-state index contributed by atoms with van der Waals surface area (Å²) in [6.07, 6.45) is 7.05. The summed E-state index contributed by atoms with van der Waals surface area (Å²) in [7, 11) is 0. The number of aliphatic carboxylic acids is 1. The molecule has 0 aliphatic heterocycles. The Morgan fingerprint density at radius 1 is 1.35 bits per heavy atom. The molecule has 17 heavy (non-hydrogen) atoms. The average molecular weight is 259 g/mol. The molecule has 0 atom stereocenters. The van der Waals surface area contributed by atoms with Crippen LogP contribution in [0.1, 0.15) is 44.9 Å². The van der Waals surface area contributed by atoms with E-state index in [9.17, 15) is 9.59 Å². The van der Waals surface area contributed by atoms with Crippen molar-refractivity contribution in [1.29, 1.82) is 0 Å². The van der Waals surface area contributed by atoms with E-state index in [1.54, 1.807) is 11.8 Å². The highest BCUT2D eigenvalue weighted by Crippen LogP contribution is 2.32. The van der Waals surface area contributed by atoms with E-state index in [0.29, 0.717) is 6.42 Å². The molecule has 1 aliphatic rings. The molecule has 2 N–H and O–H groups in total. The predicted octanol–water partition coefficient (Wildman–Crippen LogP) is 2.03. The number of rotatable bonds is 7. The fraction of sp³-hybridized carbons (Fsp3) is 0.833. The molecule has 0 bridgehead atoms. The average Bonchev–Trinajstić information content (AvgIpc) is 2.65. The van der Waals surface area contributed by atoms with Crippen LogP contribution in [-0.2, 0) is 9.59 Å². The van der Waals surface area contributed by atoms with E-state index in [0.717, 1.165) is 37.9 Å². The van der Waals surface area contributed by atoms with Crippen LogP contribution in [0.2, 0.25) is 0 Å². The molecule has 1 aliphatic carbocycles. The van der Waals surface area contributed by atoms with Gasteiger partial charge in [-0.25, -0.2) is 0 Å². The van der Waals surface area contributed by atoms with E-state index < -0.39 is 11.5 Å². The van der Waals surface area contributed by atoms with Crippen LogP contribution in [0.25, 0.3) is 0 Å². The molecular weight excluding hydrogens is 238 g/mol. The molecule has 0 unspecified atom stereocenters. The van der Waals surface area contributed by atoms with Crippen molar-refractivity contribution >= 4 is 23.6 Å². The lowest BCUT2D eigenvalue weighted by molar-refractivity contribution is -0.139. The molecule has 4 nitrogen and oxygen atoms in total. The number of amides is 1. The van der Waals surface area contributed by atoms with Crippen molar-refractivity contribution in [2.45, 2.75) is 50.5 Å². The Bertz CT molecular complexity index is 275. The zero-order valence-electron chi connectivity index (χ0n) is 10.3. The largest absolute Gasteiger partial charge is 0.481 e. The van der Waals surface area contributed by atoms with Gasteiger partial charge in [-0.1, -0.05) is 12.8 Å². The molecule has 0 spiro atoms. The lowest BCUT2D eigenvalue weighted by atomic mass is 9.93. The van der Waals surface area contributed by atoms with Crippen molar-refractivity contribution < 1.29 is 14.7 Å². The van der Waals surface area contributed by atoms with Crippen molar-refractivity contribution in [1.82, 2.24) is 5.32 Å². The van der Waals surface area contributed by atoms with Gasteiger partial charge in [0.2, 0.25) is 5.91 Å². The highest BCUT2D eigenvalue weighted by Gasteiger charge is 2.37. The standard InChI is InChI=1S/C12H21NO3S/c1-17-8-4-5-10(14)13-12(9-11(15)16)6-2-3-7-12/h2-9H2,1H3,(H,13,14)(H,15,16). The Labute approximate surface area is 107 Å². The molecule has 5 heteroatoms. The third-order valence-electron chi connectivity index (χ3n) is 3.21. The maximum Gasteiger partial charge on any atom is 0.305 e. The summed E-state index contributed by atoms with van der Waals surface area (Å²) in [5.74, 6) is 0.151. The van der Waals surface area contributed by atoms with Crippen LogP contribution >= 0.6 is 11.8 Å². The summed E-state index contributed by atoms with van der Waals surface area (Å²) in [6.45, 7) is 0. The first-order valence-corrected chi connectivity index (χ1v) is 7.49. The molecular formula is C12H21NO3S. The smallest absolute Gasteiger partial charge is 0.305 e. The molecule has 1 rings (SSSR count). The van der Waals surface area contributed by atoms with Crippen LogP contribution in [0.5, 0.6) is 0 Å². The number of hydrogen-bond acceptors (Lipinski definition) is 3. The van der Waals surface area contributed by atoms with Gasteiger partial charge in [-0.3, -0.25) is 9.59 Å². The minimum atomic E-state index is -0.823. The van der Waals surface area contributed by atoms with Crippen LogP contribution in [0, 0.1) is 0 Å². The highest BCUT2D eigenvalue weighted by atomic mass is 32.2. The fourth-order valence-electron chi connectivity index (χ4n) is 2.42. The van der Waals surface area contributed by atoms with Gasteiger partial charge in [-0.15, -0.1) is 0 Å². The Hall–Kier alpha value is -0.710. The first-order chi connectivity index (χ1) is 8.08. The Balaban J connectivity index is 2.43. The summed E-state index contributed by atoms with van der Waals surface area (Å²) < 4.78 is 0. The number of carboxylic acid groups (broad SMARTS) is 1. The van der Waals surface area contributed by atoms with Gasteiger partial charge in [0.15, 0.2) is 0 Å². The summed E-state index contributed by atoms with van der Waals surface area (Å²) in [6, 6.07) is 0. The second-order valence-corrected chi connectivity index (χ2v) is 5.69. The van der Waals surface area contributed by atoms with E-state index in [-0.39, 0.29) is 12.3 Å². The van der Waals surface area contributed by atoms with Crippen LogP contribution < -0.4 is 5.32 Å². The van der Waals surface area contributed by atoms with Crippen molar-refractivity contribution in [2.24, 2.45) is 0 Å². The van der Waals surface area contributed by atoms with Crippen molar-refractivity contribution in [2.75, 3.05) is 12.0 Å². The Kier molecular flexibility index (Phi) is 5.82. The summed E-state index contributed by atoms with van der Waals surface area (Å²) in [4.78, 5) is 22.6. The molecule has 0 aromatic carbocycles. The van der Waals surface area contributed by atoms with Crippen molar-refractivity contribution in [3.05, 3.63) is 0 Å². The van der Waals surface area contributed by atoms with Gasteiger partial charge in [0.1, 0.15) is 0 Å². The molecule has 1 saturated carbocycles. The number of carboxylic acids is 1. The SMILES string of the molecule is CSCCCC(=O)NC1(CC(=O)O)CCCC1. The number of carbonyl (C=O) groups is 2. The lowest BCUT2D eigenvalue weighted by Crippen LogP contribution is -2.47. The maximum atomic E-state index is 11.7. The van der Waals surface area contributed by atoms with Gasteiger partial charge in [-0.05, 0) is 31.3 Å². The molecule has 0 heterocycles. The molecule has 0 saturated heterocycles. The fourth-order valence-corrected chi connectivity index (χ4v) is 2.86. The molecule has 0 radical (unpaired) electrons. The van der Waals surface area contributed by atoms with E-state index in [1.165, 1.54) is 0 Å². The minimum absolute atomic E-state index is 0.00204. The second-order valence-electron chi connectivity index (χ2n) is 4.70. The van der Waals surface area contributed by atoms with E-state index in [1.807, 2.05) is 6.26 Å². The van der Waals surface area contributed by atoms with E-state index in [4.69, 9.17) is 5.11 Å². The molecule has 98 valence electrons. The molecule has 0 aromatic rings. The Morgan fingerprint density at radius 3 is 2.53 bits per heavy atom. The van der Waals surface area contributed by atoms with Crippen LogP contribution in [0.3, 0.4) is 0 Å². The van der Waals surface area contributed by atoms with Crippen molar-refractivity contribution in [3.63, 3.8) is 0 Å². The lowest BCUT2D eigenvalue weighted by Gasteiger charge is -2.28. The molecule has 0 aromatic heterocycles. The zero-order valence-corrected chi connectivity index (χ0v) is 11.1. The van der Waals surface area contributed by atoms with Gasteiger partial charge in [0.05, 0.1) is 12.0 Å². The number of nitrogens with one attached hydrogen (secondary N) is 1. The summed E-state index contributed by atoms with van der Waals surface area (Å²) in [5, 5.41) is 11.9. The normalized spacial score (nSPS) is 17.9. The van der Waals surface area contributed by atoms with Crippen LogP contribution in [-0.4, -0.2) is 34.5 Å². The molecule has 1 amide bonds. The maximum absolute atomic E-state index is 11.7. The third kappa shape index (κ3) is 4.98. The van der Waals surface area contributed by atoms with Crippen LogP contribution in [0.4, 0.5) is 0 Å². The molecule has 1 fully saturated rings. The van der Waals surface area contributed by atoms with Gasteiger partial charge >= 0.3 is 5.97 Å². The van der Waals surface area contributed by atoms with Crippen LogP contribution in [0.15, 0.2) is 0 Å². The minimum Gasteiger partial charge on any atom is -0.481 e. The topological polar surface area (TPSA) is 66.4 Å². The number of hydrogen-bond donors (Lipinski definition) is 2. The monoisotopic (exact) mass is 259 g/mol. The Morgan fingerprint density at radius 2 is 2.00 bits per heavy atom. The van der Waals surface area contributed by atoms with Gasteiger partial charge in [0.25, 0.3) is 0 Å². The number of carbonyl (C=O) groups excluding carboxylic acids is 1. The highest BCUT2D eigenvalue weighted by molar-refractivity contribution is 7.98. The van der Waals surface area contributed by atoms with Gasteiger partial charge < -0.3 is 10.4 Å². The summed E-state index contributed by atoms with van der Waals surface area (Å²) >= 11 is 1.72. The van der Waals surface area contributed by atoms with E-state index in [2.05, 4.69) is 5.32 Å². The first-order valence-electron chi connectivity index (χ1n) is 6.10. The van der Waals surface area contributed by atoms with Gasteiger partial charge in [0, 0.05) is 6.42 Å². The number of thioether (sulfide) groups is 1. The predicted molar refractivity (Wildman–Crippen MR) is 69.2 cm³/mol. The quantitative estimate of drug-likeness (QED) is 0.687. The van der Waals surface area contributed by atoms with Gasteiger partial charge in [-0.2, -0.15) is 11.8 Å². The third-order valence-corrected chi connectivity index (χ3v) is 3.90. The second kappa shape index (κ2) is 6.89. The first kappa shape index (κ1) is 14.4. The summed E-state index contributed by atoms with van der Waals surface area (Å²) in [5.41, 5.74) is -0.470. The zero-order chi connectivity index (χ0) is 12.7.